The van der Waals surface area contributed by atoms with Gasteiger partial charge in [-0.1, -0.05) is 90.4 Å². The molecule has 192 valence electrons. The van der Waals surface area contributed by atoms with Crippen LogP contribution in [0.1, 0.15) is 110 Å². The van der Waals surface area contributed by atoms with Gasteiger partial charge in [-0.25, -0.2) is 0 Å². The Morgan fingerprint density at radius 2 is 1.18 bits per heavy atom. The number of hydrogen-bond acceptors (Lipinski definition) is 5. The Labute approximate surface area is 243 Å². The number of carbonyl (C=O) groups is 2. The SMILES string of the molecule is O=C(O)CC(C(=O)O)S(=O)(=O)O.[CH2-]CCOCCCCCCCCCCCCCCCC.[K+]. The molecule has 8 nitrogen and oxygen atoms in total. The van der Waals surface area contributed by atoms with Crippen molar-refractivity contribution >= 4 is 22.1 Å². The van der Waals surface area contributed by atoms with E-state index in [1.165, 1.54) is 89.9 Å². The third kappa shape index (κ3) is 30.4. The molecule has 0 rings (SSSR count). The maximum atomic E-state index is 10.2. The van der Waals surface area contributed by atoms with Gasteiger partial charge in [-0.05, 0) is 6.42 Å². The van der Waals surface area contributed by atoms with E-state index in [0.29, 0.717) is 0 Å². The first kappa shape index (κ1) is 38.0. The second-order valence-corrected chi connectivity index (χ2v) is 9.60. The van der Waals surface area contributed by atoms with Gasteiger partial charge in [-0.2, -0.15) is 14.8 Å². The average Bonchev–Trinajstić information content (AvgIpc) is 2.71. The molecule has 0 heterocycles. The van der Waals surface area contributed by atoms with Crippen molar-refractivity contribution in [1.82, 2.24) is 0 Å². The van der Waals surface area contributed by atoms with Gasteiger partial charge in [0, 0.05) is 13.2 Å². The van der Waals surface area contributed by atoms with Crippen molar-refractivity contribution in [1.29, 1.82) is 0 Å². The summed E-state index contributed by atoms with van der Waals surface area (Å²) >= 11 is 0. The number of carboxylic acids is 2. The molecule has 0 saturated carbocycles. The number of rotatable bonds is 21. The van der Waals surface area contributed by atoms with E-state index in [4.69, 9.17) is 19.5 Å². The predicted octanol–water partition coefficient (Wildman–Crippen LogP) is 2.51. The fraction of sp³-hybridized carbons (Fsp3) is 0.870. The van der Waals surface area contributed by atoms with E-state index in [1.54, 1.807) is 0 Å². The van der Waals surface area contributed by atoms with Gasteiger partial charge in [0.1, 0.15) is 0 Å². The fourth-order valence-corrected chi connectivity index (χ4v) is 3.69. The Morgan fingerprint density at radius 1 is 0.788 bits per heavy atom. The Kier molecular flexibility index (Phi) is 31.1. The Balaban J connectivity index is -0.000000596. The first-order chi connectivity index (χ1) is 15.2. The van der Waals surface area contributed by atoms with Crippen molar-refractivity contribution in [3.05, 3.63) is 6.92 Å². The molecule has 0 aliphatic rings. The summed E-state index contributed by atoms with van der Waals surface area (Å²) in [6, 6.07) is 0. The molecular formula is C23H45KO8S. The molecule has 3 N–H and O–H groups in total. The van der Waals surface area contributed by atoms with Crippen LogP contribution in [0, 0.1) is 6.92 Å². The molecule has 0 saturated heterocycles. The standard InChI is InChI=1S/C19H39O.C4H6O7S.K/c1-3-5-6-7-8-9-10-11-12-13-14-15-16-17-19-20-18-4-2;5-3(6)1-2(4(7)8)12(9,10)11;/h2-19H2,1H3;2H,1H2,(H,5,6)(H,7,8)(H,9,10,11);/q-1;;+1. The van der Waals surface area contributed by atoms with Crippen molar-refractivity contribution in [2.45, 2.75) is 115 Å². The maximum Gasteiger partial charge on any atom is 1.00 e. The van der Waals surface area contributed by atoms with E-state index >= 15 is 0 Å². The number of aliphatic carboxylic acids is 2. The van der Waals surface area contributed by atoms with Gasteiger partial charge in [0.2, 0.25) is 0 Å². The first-order valence-corrected chi connectivity index (χ1v) is 13.4. The summed E-state index contributed by atoms with van der Waals surface area (Å²) < 4.78 is 34.1. The van der Waals surface area contributed by atoms with Crippen LogP contribution in [0.2, 0.25) is 0 Å². The molecule has 0 bridgehead atoms. The number of unbranched alkanes of at least 4 members (excludes halogenated alkanes) is 13. The van der Waals surface area contributed by atoms with Gasteiger partial charge in [-0.15, -0.1) is 0 Å². The van der Waals surface area contributed by atoms with Crippen LogP contribution in [-0.4, -0.2) is 53.6 Å². The zero-order valence-electron chi connectivity index (χ0n) is 20.8. The number of hydrogen-bond donors (Lipinski definition) is 3. The maximum absolute atomic E-state index is 10.2. The van der Waals surface area contributed by atoms with Gasteiger partial charge >= 0.3 is 63.3 Å². The average molecular weight is 521 g/mol. The summed E-state index contributed by atoms with van der Waals surface area (Å²) in [5, 5.41) is 13.9. The number of carboxylic acid groups (broad SMARTS) is 2. The van der Waals surface area contributed by atoms with E-state index in [9.17, 15) is 18.0 Å². The van der Waals surface area contributed by atoms with Crippen molar-refractivity contribution in [3.8, 4) is 0 Å². The van der Waals surface area contributed by atoms with Crippen LogP contribution in [0.3, 0.4) is 0 Å². The summed E-state index contributed by atoms with van der Waals surface area (Å²) in [6.45, 7) is 7.83. The van der Waals surface area contributed by atoms with Gasteiger partial charge < -0.3 is 21.9 Å². The summed E-state index contributed by atoms with van der Waals surface area (Å²) in [5.41, 5.74) is 0. The molecule has 0 radical (unpaired) electrons. The van der Waals surface area contributed by atoms with Gasteiger partial charge in [0.05, 0.1) is 6.42 Å². The fourth-order valence-electron chi connectivity index (χ4n) is 3.08. The third-order valence-electron chi connectivity index (χ3n) is 4.93. The van der Waals surface area contributed by atoms with E-state index in [2.05, 4.69) is 13.8 Å². The summed E-state index contributed by atoms with van der Waals surface area (Å²) in [6.07, 6.45) is 19.6. The van der Waals surface area contributed by atoms with Gasteiger partial charge in [0.15, 0.2) is 5.25 Å². The van der Waals surface area contributed by atoms with Crippen molar-refractivity contribution in [3.63, 3.8) is 0 Å². The smallest absolute Gasteiger partial charge is 0.481 e. The molecule has 1 unspecified atom stereocenters. The third-order valence-corrected chi connectivity index (χ3v) is 6.01. The molecule has 33 heavy (non-hydrogen) atoms. The minimum absolute atomic E-state index is 0. The van der Waals surface area contributed by atoms with Crippen LogP contribution < -0.4 is 51.4 Å². The molecule has 0 aliphatic heterocycles. The molecular weight excluding hydrogens is 475 g/mol. The van der Waals surface area contributed by atoms with Crippen molar-refractivity contribution < 1.29 is 88.9 Å². The van der Waals surface area contributed by atoms with Crippen LogP contribution in [-0.2, 0) is 24.4 Å². The normalized spacial score (nSPS) is 11.7. The Bertz CT molecular complexity index is 537. The molecule has 0 aromatic heterocycles. The molecule has 10 heteroatoms. The Hall–Kier alpha value is 0.446. The van der Waals surface area contributed by atoms with E-state index in [0.717, 1.165) is 19.6 Å². The molecule has 0 amide bonds. The van der Waals surface area contributed by atoms with Crippen molar-refractivity contribution in [2.24, 2.45) is 0 Å². The first-order valence-electron chi connectivity index (χ1n) is 11.9. The quantitative estimate of drug-likeness (QED) is 0.0908. The van der Waals surface area contributed by atoms with Crippen molar-refractivity contribution in [2.75, 3.05) is 13.2 Å². The van der Waals surface area contributed by atoms with Gasteiger partial charge in [-0.3, -0.25) is 14.1 Å². The summed E-state index contributed by atoms with van der Waals surface area (Å²) in [7, 11) is -4.84. The van der Waals surface area contributed by atoms with Gasteiger partial charge in [0.25, 0.3) is 10.1 Å². The van der Waals surface area contributed by atoms with Crippen LogP contribution in [0.4, 0.5) is 0 Å². The zero-order valence-corrected chi connectivity index (χ0v) is 24.7. The largest absolute Gasteiger partial charge is 1.00 e. The van der Waals surface area contributed by atoms with Crippen LogP contribution in [0.25, 0.3) is 0 Å². The van der Waals surface area contributed by atoms with E-state index < -0.39 is 33.7 Å². The molecule has 0 aliphatic carbocycles. The van der Waals surface area contributed by atoms with E-state index in [1.807, 2.05) is 0 Å². The summed E-state index contributed by atoms with van der Waals surface area (Å²) in [5.74, 6) is -3.50. The topological polar surface area (TPSA) is 138 Å². The monoisotopic (exact) mass is 520 g/mol. The molecule has 0 spiro atoms. The molecule has 0 fully saturated rings. The van der Waals surface area contributed by atoms with Crippen LogP contribution >= 0.6 is 0 Å². The minimum Gasteiger partial charge on any atom is -0.481 e. The van der Waals surface area contributed by atoms with Crippen LogP contribution in [0.15, 0.2) is 0 Å². The number of ether oxygens (including phenoxy) is 1. The molecule has 1 atom stereocenters. The zero-order chi connectivity index (χ0) is 24.7. The Morgan fingerprint density at radius 3 is 1.45 bits per heavy atom. The minimum atomic E-state index is -4.84. The van der Waals surface area contributed by atoms with E-state index in [-0.39, 0.29) is 51.4 Å². The molecule has 0 aromatic carbocycles. The second kappa shape index (κ2) is 27.0. The molecule has 0 aromatic rings. The predicted molar refractivity (Wildman–Crippen MR) is 126 cm³/mol. The summed E-state index contributed by atoms with van der Waals surface area (Å²) in [4.78, 5) is 20.0. The van der Waals surface area contributed by atoms with Crippen LogP contribution in [0.5, 0.6) is 0 Å². The second-order valence-electron chi connectivity index (χ2n) is 8.00.